The maximum atomic E-state index is 12.1. The van der Waals surface area contributed by atoms with Gasteiger partial charge in [0.2, 0.25) is 5.91 Å². The zero-order chi connectivity index (χ0) is 14.5. The van der Waals surface area contributed by atoms with Crippen LogP contribution < -0.4 is 10.6 Å². The van der Waals surface area contributed by atoms with Gasteiger partial charge in [0.25, 0.3) is 0 Å². The molecule has 1 aliphatic heterocycles. The first kappa shape index (κ1) is 15.2. The topological polar surface area (TPSA) is 61.4 Å². The summed E-state index contributed by atoms with van der Waals surface area (Å²) in [4.78, 5) is 12.1. The number of amides is 1. The van der Waals surface area contributed by atoms with Gasteiger partial charge in [-0.05, 0) is 24.8 Å². The van der Waals surface area contributed by atoms with Crippen molar-refractivity contribution >= 4 is 23.4 Å². The second-order valence-corrected chi connectivity index (χ2v) is 6.26. The van der Waals surface area contributed by atoms with E-state index in [0.29, 0.717) is 6.42 Å². The summed E-state index contributed by atoms with van der Waals surface area (Å²) >= 11 is 1.57. The number of benzene rings is 1. The van der Waals surface area contributed by atoms with Crippen LogP contribution >= 0.6 is 11.8 Å². The largest absolute Gasteiger partial charge is 0.395 e. The van der Waals surface area contributed by atoms with Crippen LogP contribution in [-0.4, -0.2) is 41.7 Å². The highest BCUT2D eigenvalue weighted by atomic mass is 32.2. The van der Waals surface area contributed by atoms with Crippen molar-refractivity contribution < 1.29 is 9.90 Å². The van der Waals surface area contributed by atoms with E-state index in [4.69, 9.17) is 0 Å². The molecule has 0 aromatic heterocycles. The summed E-state index contributed by atoms with van der Waals surface area (Å²) in [5.41, 5.74) is 2.36. The van der Waals surface area contributed by atoms with Gasteiger partial charge in [0, 0.05) is 35.9 Å². The van der Waals surface area contributed by atoms with Gasteiger partial charge in [-0.25, -0.2) is 0 Å². The molecule has 3 N–H and O–H groups in total. The van der Waals surface area contributed by atoms with Gasteiger partial charge in [-0.2, -0.15) is 11.8 Å². The average Bonchev–Trinajstić information content (AvgIpc) is 2.83. The number of hydrogen-bond donors (Lipinski definition) is 3. The third-order valence-electron chi connectivity index (χ3n) is 3.80. The van der Waals surface area contributed by atoms with Crippen molar-refractivity contribution in [3.8, 4) is 0 Å². The summed E-state index contributed by atoms with van der Waals surface area (Å²) in [5, 5.41) is 15.6. The van der Waals surface area contributed by atoms with E-state index in [1.807, 2.05) is 31.4 Å². The Morgan fingerprint density at radius 3 is 3.00 bits per heavy atom. The van der Waals surface area contributed by atoms with Crippen LogP contribution in [0.25, 0.3) is 0 Å². The second-order valence-electron chi connectivity index (χ2n) is 5.18. The number of aliphatic hydroxyl groups excluding tert-OH is 1. The highest BCUT2D eigenvalue weighted by Crippen LogP contribution is 2.33. The number of nitrogens with one attached hydrogen (secondary N) is 2. The summed E-state index contributed by atoms with van der Waals surface area (Å²) < 4.78 is 0. The predicted octanol–water partition coefficient (Wildman–Crippen LogP) is 1.81. The second kappa shape index (κ2) is 6.99. The Hall–Kier alpha value is -1.20. The van der Waals surface area contributed by atoms with Crippen molar-refractivity contribution in [2.45, 2.75) is 30.6 Å². The summed E-state index contributed by atoms with van der Waals surface area (Å²) in [7, 11) is 0. The van der Waals surface area contributed by atoms with Gasteiger partial charge in [0.05, 0.1) is 6.61 Å². The van der Waals surface area contributed by atoms with Crippen LogP contribution in [0.3, 0.4) is 0 Å². The van der Waals surface area contributed by atoms with Crippen LogP contribution in [0.5, 0.6) is 0 Å². The van der Waals surface area contributed by atoms with Crippen molar-refractivity contribution in [1.82, 2.24) is 5.32 Å². The molecule has 20 heavy (non-hydrogen) atoms. The van der Waals surface area contributed by atoms with Gasteiger partial charge in [0.1, 0.15) is 0 Å². The van der Waals surface area contributed by atoms with Crippen LogP contribution in [0, 0.1) is 0 Å². The molecule has 3 atom stereocenters. The Morgan fingerprint density at radius 1 is 1.55 bits per heavy atom. The molecule has 110 valence electrons. The van der Waals surface area contributed by atoms with Gasteiger partial charge >= 0.3 is 0 Å². The minimum Gasteiger partial charge on any atom is -0.395 e. The van der Waals surface area contributed by atoms with Crippen LogP contribution in [0.1, 0.15) is 24.8 Å². The molecule has 0 saturated heterocycles. The predicted molar refractivity (Wildman–Crippen MR) is 84.3 cm³/mol. The van der Waals surface area contributed by atoms with Crippen molar-refractivity contribution in [3.63, 3.8) is 0 Å². The molecule has 1 amide bonds. The first-order valence-electron chi connectivity index (χ1n) is 6.91. The summed E-state index contributed by atoms with van der Waals surface area (Å²) in [6.45, 7) is 2.83. The molecule has 0 radical (unpaired) electrons. The zero-order valence-electron chi connectivity index (χ0n) is 11.9. The fraction of sp³-hybridized carbons (Fsp3) is 0.533. The molecule has 0 bridgehead atoms. The average molecular weight is 294 g/mol. The molecule has 1 aliphatic rings. The minimum atomic E-state index is -0.0212. The number of fused-ring (bicyclic) bond motifs is 1. The number of carbonyl (C=O) groups excluding carboxylic acids is 1. The highest BCUT2D eigenvalue weighted by molar-refractivity contribution is 7.99. The lowest BCUT2D eigenvalue weighted by Gasteiger charge is -2.22. The van der Waals surface area contributed by atoms with Gasteiger partial charge in [0.15, 0.2) is 0 Å². The SMILES string of the molecule is CSC(CO)C(C)NC(=O)CC1CNc2ccccc21. The number of anilines is 1. The molecule has 3 unspecified atom stereocenters. The van der Waals surface area contributed by atoms with Crippen LogP contribution in [0.4, 0.5) is 5.69 Å². The number of rotatable bonds is 6. The normalized spacial score (nSPS) is 19.9. The number of para-hydroxylation sites is 1. The molecule has 2 rings (SSSR count). The number of aliphatic hydroxyl groups is 1. The third-order valence-corrected chi connectivity index (χ3v) is 4.96. The fourth-order valence-corrected chi connectivity index (χ4v) is 3.23. The van der Waals surface area contributed by atoms with Crippen molar-refractivity contribution in [1.29, 1.82) is 0 Å². The number of hydrogen-bond acceptors (Lipinski definition) is 4. The van der Waals surface area contributed by atoms with Gasteiger partial charge in [-0.3, -0.25) is 4.79 Å². The fourth-order valence-electron chi connectivity index (χ4n) is 2.61. The Bertz CT molecular complexity index is 463. The van der Waals surface area contributed by atoms with Gasteiger partial charge in [-0.1, -0.05) is 18.2 Å². The zero-order valence-corrected chi connectivity index (χ0v) is 12.7. The molecule has 1 heterocycles. The molecule has 1 aromatic carbocycles. The Balaban J connectivity index is 1.90. The van der Waals surface area contributed by atoms with Crippen molar-refractivity contribution in [2.75, 3.05) is 24.7 Å². The number of carbonyl (C=O) groups is 1. The molecule has 1 aromatic rings. The lowest BCUT2D eigenvalue weighted by molar-refractivity contribution is -0.122. The Kier molecular flexibility index (Phi) is 5.31. The molecular formula is C15H22N2O2S. The van der Waals surface area contributed by atoms with E-state index >= 15 is 0 Å². The van der Waals surface area contributed by atoms with E-state index in [9.17, 15) is 9.90 Å². The van der Waals surface area contributed by atoms with Crippen molar-refractivity contribution in [2.24, 2.45) is 0 Å². The van der Waals surface area contributed by atoms with E-state index in [1.165, 1.54) is 5.56 Å². The molecule has 5 heteroatoms. The lowest BCUT2D eigenvalue weighted by Crippen LogP contribution is -2.41. The highest BCUT2D eigenvalue weighted by Gasteiger charge is 2.25. The quantitative estimate of drug-likeness (QED) is 0.749. The maximum Gasteiger partial charge on any atom is 0.220 e. The van der Waals surface area contributed by atoms with Crippen LogP contribution in [0.15, 0.2) is 24.3 Å². The molecule has 0 spiro atoms. The van der Waals surface area contributed by atoms with Gasteiger partial charge < -0.3 is 15.7 Å². The van der Waals surface area contributed by atoms with Crippen LogP contribution in [0.2, 0.25) is 0 Å². The molecule has 0 aliphatic carbocycles. The Morgan fingerprint density at radius 2 is 2.30 bits per heavy atom. The molecule has 4 nitrogen and oxygen atoms in total. The van der Waals surface area contributed by atoms with Crippen molar-refractivity contribution in [3.05, 3.63) is 29.8 Å². The van der Waals surface area contributed by atoms with E-state index in [1.54, 1.807) is 11.8 Å². The van der Waals surface area contributed by atoms with Gasteiger partial charge in [-0.15, -0.1) is 0 Å². The maximum absolute atomic E-state index is 12.1. The van der Waals surface area contributed by atoms with Crippen LogP contribution in [-0.2, 0) is 4.79 Å². The third kappa shape index (κ3) is 3.46. The standard InChI is InChI=1S/C15H22N2O2S/c1-10(14(9-18)20-2)17-15(19)7-11-8-16-13-6-4-3-5-12(11)13/h3-6,10-11,14,16,18H,7-9H2,1-2H3,(H,17,19). The monoisotopic (exact) mass is 294 g/mol. The first-order valence-corrected chi connectivity index (χ1v) is 8.20. The summed E-state index contributed by atoms with van der Waals surface area (Å²) in [6, 6.07) is 8.11. The Labute approximate surface area is 124 Å². The van der Waals surface area contributed by atoms with E-state index in [-0.39, 0.29) is 29.7 Å². The minimum absolute atomic E-state index is 0.0212. The molecule has 0 saturated carbocycles. The smallest absolute Gasteiger partial charge is 0.220 e. The summed E-state index contributed by atoms with van der Waals surface area (Å²) in [6.07, 6.45) is 2.43. The molecule has 0 fully saturated rings. The summed E-state index contributed by atoms with van der Waals surface area (Å²) in [5.74, 6) is 0.286. The van der Waals surface area contributed by atoms with E-state index < -0.39 is 0 Å². The number of thioether (sulfide) groups is 1. The molecular weight excluding hydrogens is 272 g/mol. The lowest BCUT2D eigenvalue weighted by atomic mass is 9.97. The first-order chi connectivity index (χ1) is 9.65. The van der Waals surface area contributed by atoms with E-state index in [0.717, 1.165) is 12.2 Å². The van der Waals surface area contributed by atoms with E-state index in [2.05, 4.69) is 16.7 Å².